The lowest BCUT2D eigenvalue weighted by Gasteiger charge is -2.32. The molecule has 0 spiro atoms. The maximum atomic E-state index is 13.5. The van der Waals surface area contributed by atoms with Gasteiger partial charge >= 0.3 is 0 Å². The number of hydrogen-bond donors (Lipinski definition) is 0. The SMILES string of the molecule is CCCC1(CC)N=C(c2ccccc2)N(CCCN2CCC(c3ccc(F)cc3)CC2)C1=O. The Balaban J connectivity index is 1.35. The Morgan fingerprint density at radius 2 is 1.70 bits per heavy atom. The Bertz CT molecular complexity index is 951. The van der Waals surface area contributed by atoms with Crippen LogP contribution in [0.15, 0.2) is 59.6 Å². The molecule has 5 heteroatoms. The summed E-state index contributed by atoms with van der Waals surface area (Å²) in [5.41, 5.74) is 1.67. The number of rotatable bonds is 9. The van der Waals surface area contributed by atoms with E-state index in [0.29, 0.717) is 12.5 Å². The quantitative estimate of drug-likeness (QED) is 0.497. The van der Waals surface area contributed by atoms with Gasteiger partial charge in [-0.15, -0.1) is 0 Å². The molecule has 2 aromatic carbocycles. The third kappa shape index (κ3) is 5.19. The molecule has 0 radical (unpaired) electrons. The second-order valence-corrected chi connectivity index (χ2v) is 9.41. The van der Waals surface area contributed by atoms with Gasteiger partial charge in [0.25, 0.3) is 5.91 Å². The molecule has 2 aliphatic rings. The van der Waals surface area contributed by atoms with Gasteiger partial charge in [-0.2, -0.15) is 0 Å². The number of halogens is 1. The molecule has 2 aromatic rings. The summed E-state index contributed by atoms with van der Waals surface area (Å²) in [6.07, 6.45) is 5.61. The Morgan fingerprint density at radius 3 is 2.33 bits per heavy atom. The smallest absolute Gasteiger partial charge is 0.256 e. The first-order chi connectivity index (χ1) is 16.1. The van der Waals surface area contributed by atoms with Crippen molar-refractivity contribution in [3.8, 4) is 0 Å². The summed E-state index contributed by atoms with van der Waals surface area (Å²) in [5.74, 6) is 1.35. The highest BCUT2D eigenvalue weighted by Gasteiger charge is 2.46. The Kier molecular flexibility index (Phi) is 7.59. The molecule has 4 rings (SSSR count). The molecule has 176 valence electrons. The normalized spacial score (nSPS) is 22.1. The van der Waals surface area contributed by atoms with Crippen LogP contribution in [-0.2, 0) is 4.79 Å². The van der Waals surface area contributed by atoms with Crippen molar-refractivity contribution in [3.63, 3.8) is 0 Å². The number of nitrogens with zero attached hydrogens (tertiary/aromatic N) is 3. The predicted octanol–water partition coefficient (Wildman–Crippen LogP) is 5.63. The first-order valence-electron chi connectivity index (χ1n) is 12.5. The highest BCUT2D eigenvalue weighted by atomic mass is 19.1. The number of amidine groups is 1. The van der Waals surface area contributed by atoms with E-state index in [0.717, 1.165) is 69.6 Å². The van der Waals surface area contributed by atoms with Crippen molar-refractivity contribution in [2.24, 2.45) is 4.99 Å². The minimum Gasteiger partial charge on any atom is -0.303 e. The number of aliphatic imine (C=N–C) groups is 1. The van der Waals surface area contributed by atoms with Crippen molar-refractivity contribution >= 4 is 11.7 Å². The molecule has 1 atom stereocenters. The lowest BCUT2D eigenvalue weighted by atomic mass is 9.89. The van der Waals surface area contributed by atoms with Gasteiger partial charge in [-0.05, 0) is 75.4 Å². The zero-order valence-electron chi connectivity index (χ0n) is 20.0. The van der Waals surface area contributed by atoms with Gasteiger partial charge in [-0.1, -0.05) is 62.7 Å². The van der Waals surface area contributed by atoms with Crippen LogP contribution >= 0.6 is 0 Å². The zero-order chi connectivity index (χ0) is 23.3. The molecule has 2 aliphatic heterocycles. The van der Waals surface area contributed by atoms with Crippen LogP contribution in [0, 0.1) is 5.82 Å². The fourth-order valence-electron chi connectivity index (χ4n) is 5.33. The molecule has 0 bridgehead atoms. The summed E-state index contributed by atoms with van der Waals surface area (Å²) >= 11 is 0. The van der Waals surface area contributed by atoms with Gasteiger partial charge in [-0.3, -0.25) is 14.7 Å². The van der Waals surface area contributed by atoms with Crippen LogP contribution in [0.5, 0.6) is 0 Å². The number of hydrogen-bond acceptors (Lipinski definition) is 3. The molecular formula is C28H36FN3O. The summed E-state index contributed by atoms with van der Waals surface area (Å²) < 4.78 is 13.2. The van der Waals surface area contributed by atoms with E-state index in [9.17, 15) is 9.18 Å². The molecule has 1 amide bonds. The topological polar surface area (TPSA) is 35.9 Å². The molecule has 1 saturated heterocycles. The van der Waals surface area contributed by atoms with E-state index in [1.54, 1.807) is 12.1 Å². The standard InChI is InChI=1S/C28H36FN3O/c1-3-17-28(4-2)27(33)32(26(30-28)24-9-6-5-7-10-24)19-8-18-31-20-15-23(16-21-31)22-11-13-25(29)14-12-22/h5-7,9-14,23H,3-4,8,15-21H2,1-2H3. The van der Waals surface area contributed by atoms with Crippen LogP contribution in [0.4, 0.5) is 4.39 Å². The van der Waals surface area contributed by atoms with E-state index in [4.69, 9.17) is 4.99 Å². The lowest BCUT2D eigenvalue weighted by Crippen LogP contribution is -2.44. The van der Waals surface area contributed by atoms with Gasteiger partial charge in [0.1, 0.15) is 17.2 Å². The van der Waals surface area contributed by atoms with Crippen LogP contribution in [-0.4, -0.2) is 53.3 Å². The van der Waals surface area contributed by atoms with Crippen LogP contribution in [0.25, 0.3) is 0 Å². The molecule has 4 nitrogen and oxygen atoms in total. The summed E-state index contributed by atoms with van der Waals surface area (Å²) in [5, 5.41) is 0. The van der Waals surface area contributed by atoms with Crippen molar-refractivity contribution in [3.05, 3.63) is 71.5 Å². The zero-order valence-corrected chi connectivity index (χ0v) is 20.0. The number of carbonyl (C=O) groups is 1. The molecule has 0 saturated carbocycles. The van der Waals surface area contributed by atoms with Crippen LogP contribution in [0.3, 0.4) is 0 Å². The van der Waals surface area contributed by atoms with E-state index in [1.807, 2.05) is 35.2 Å². The number of likely N-dealkylation sites (tertiary alicyclic amines) is 1. The molecule has 2 heterocycles. The van der Waals surface area contributed by atoms with Gasteiger partial charge < -0.3 is 4.90 Å². The van der Waals surface area contributed by atoms with E-state index in [-0.39, 0.29) is 11.7 Å². The van der Waals surface area contributed by atoms with E-state index < -0.39 is 5.54 Å². The highest BCUT2D eigenvalue weighted by molar-refractivity contribution is 6.15. The predicted molar refractivity (Wildman–Crippen MR) is 132 cm³/mol. The van der Waals surface area contributed by atoms with Gasteiger partial charge in [0.2, 0.25) is 0 Å². The Hall–Kier alpha value is -2.53. The van der Waals surface area contributed by atoms with Gasteiger partial charge in [0, 0.05) is 12.1 Å². The average Bonchev–Trinajstić information content (AvgIpc) is 3.13. The third-order valence-corrected chi connectivity index (χ3v) is 7.28. The van der Waals surface area contributed by atoms with Crippen molar-refractivity contribution in [1.82, 2.24) is 9.80 Å². The minimum atomic E-state index is -0.604. The minimum absolute atomic E-state index is 0.167. The van der Waals surface area contributed by atoms with Crippen LogP contribution in [0.1, 0.15) is 69.4 Å². The number of carbonyl (C=O) groups excluding carboxylic acids is 1. The fraction of sp³-hybridized carbons (Fsp3) is 0.500. The first-order valence-corrected chi connectivity index (χ1v) is 12.5. The Labute approximate surface area is 197 Å². The molecule has 1 fully saturated rings. The van der Waals surface area contributed by atoms with E-state index in [2.05, 4.69) is 30.9 Å². The molecule has 33 heavy (non-hydrogen) atoms. The van der Waals surface area contributed by atoms with Crippen molar-refractivity contribution in [1.29, 1.82) is 0 Å². The monoisotopic (exact) mass is 449 g/mol. The molecular weight excluding hydrogens is 413 g/mol. The van der Waals surface area contributed by atoms with Crippen molar-refractivity contribution in [2.45, 2.75) is 63.8 Å². The summed E-state index contributed by atoms with van der Waals surface area (Å²) in [4.78, 5) is 23.0. The van der Waals surface area contributed by atoms with Gasteiger partial charge in [0.15, 0.2) is 0 Å². The second kappa shape index (κ2) is 10.6. The molecule has 1 unspecified atom stereocenters. The first kappa shape index (κ1) is 23.6. The number of piperidine rings is 1. The van der Waals surface area contributed by atoms with E-state index >= 15 is 0 Å². The van der Waals surface area contributed by atoms with Crippen molar-refractivity contribution < 1.29 is 9.18 Å². The molecule has 0 N–H and O–H groups in total. The van der Waals surface area contributed by atoms with Gasteiger partial charge in [-0.25, -0.2) is 4.39 Å². The molecule has 0 aromatic heterocycles. The van der Waals surface area contributed by atoms with Crippen molar-refractivity contribution in [2.75, 3.05) is 26.2 Å². The van der Waals surface area contributed by atoms with Crippen LogP contribution < -0.4 is 0 Å². The number of amides is 1. The molecule has 0 aliphatic carbocycles. The maximum absolute atomic E-state index is 13.5. The second-order valence-electron chi connectivity index (χ2n) is 9.41. The summed E-state index contributed by atoms with van der Waals surface area (Å²) in [7, 11) is 0. The van der Waals surface area contributed by atoms with E-state index in [1.165, 1.54) is 5.56 Å². The maximum Gasteiger partial charge on any atom is 0.256 e. The van der Waals surface area contributed by atoms with Crippen LogP contribution in [0.2, 0.25) is 0 Å². The fourth-order valence-corrected chi connectivity index (χ4v) is 5.33. The largest absolute Gasteiger partial charge is 0.303 e. The lowest BCUT2D eigenvalue weighted by molar-refractivity contribution is -0.131. The third-order valence-electron chi connectivity index (χ3n) is 7.28. The number of benzene rings is 2. The Morgan fingerprint density at radius 1 is 1.00 bits per heavy atom. The van der Waals surface area contributed by atoms with Gasteiger partial charge in [0.05, 0.1) is 0 Å². The summed E-state index contributed by atoms with van der Waals surface area (Å²) in [6, 6.07) is 17.1. The average molecular weight is 450 g/mol. The highest BCUT2D eigenvalue weighted by Crippen LogP contribution is 2.33. The summed E-state index contributed by atoms with van der Waals surface area (Å²) in [6.45, 7) is 7.98.